The third-order valence-electron chi connectivity index (χ3n) is 4.90. The Morgan fingerprint density at radius 3 is 2.56 bits per heavy atom. The molecule has 0 aliphatic heterocycles. The molecule has 150 valence electrons. The maximum absolute atomic E-state index is 13.7. The van der Waals surface area contributed by atoms with Gasteiger partial charge in [-0.1, -0.05) is 25.3 Å². The van der Waals surface area contributed by atoms with Gasteiger partial charge < -0.3 is 20.3 Å². The highest BCUT2D eigenvalue weighted by Gasteiger charge is 2.17. The lowest BCUT2D eigenvalue weighted by atomic mass is 9.87. The van der Waals surface area contributed by atoms with Crippen molar-refractivity contribution in [2.24, 2.45) is 5.92 Å². The fourth-order valence-corrected chi connectivity index (χ4v) is 3.39. The van der Waals surface area contributed by atoms with Crippen molar-refractivity contribution in [1.82, 2.24) is 15.5 Å². The molecule has 0 bridgehead atoms. The minimum atomic E-state index is -0.454. The van der Waals surface area contributed by atoms with Gasteiger partial charge in [0.05, 0.1) is 7.11 Å². The van der Waals surface area contributed by atoms with E-state index in [0.717, 1.165) is 12.8 Å². The molecule has 1 aliphatic rings. The molecule has 0 unspecified atom stereocenters. The Hall–Kier alpha value is -2.31. The molecule has 3 amide bonds. The average Bonchev–Trinajstić information content (AvgIpc) is 2.66. The van der Waals surface area contributed by atoms with Gasteiger partial charge in [-0.15, -0.1) is 0 Å². The van der Waals surface area contributed by atoms with Crippen LogP contribution in [0.1, 0.15) is 44.1 Å². The summed E-state index contributed by atoms with van der Waals surface area (Å²) in [5, 5.41) is 5.61. The van der Waals surface area contributed by atoms with Crippen molar-refractivity contribution >= 4 is 11.9 Å². The Morgan fingerprint density at radius 1 is 1.19 bits per heavy atom. The Bertz CT molecular complexity index is 633. The summed E-state index contributed by atoms with van der Waals surface area (Å²) in [6.45, 7) is 1.04. The number of hydrogen-bond acceptors (Lipinski definition) is 3. The predicted molar refractivity (Wildman–Crippen MR) is 102 cm³/mol. The summed E-state index contributed by atoms with van der Waals surface area (Å²) < 4.78 is 18.6. The number of nitrogens with one attached hydrogen (secondary N) is 2. The molecule has 0 aromatic heterocycles. The van der Waals surface area contributed by atoms with E-state index in [4.69, 9.17) is 4.74 Å². The molecule has 0 radical (unpaired) electrons. The molecule has 0 spiro atoms. The molecule has 1 saturated carbocycles. The van der Waals surface area contributed by atoms with E-state index in [1.807, 2.05) is 0 Å². The first-order valence-corrected chi connectivity index (χ1v) is 9.57. The third kappa shape index (κ3) is 7.07. The molecule has 7 heteroatoms. The lowest BCUT2D eigenvalue weighted by molar-refractivity contribution is -0.122. The Kier molecular flexibility index (Phi) is 8.36. The summed E-state index contributed by atoms with van der Waals surface area (Å²) in [6.07, 6.45) is 6.58. The van der Waals surface area contributed by atoms with Crippen LogP contribution in [-0.4, -0.2) is 44.1 Å². The quantitative estimate of drug-likeness (QED) is 0.682. The molecule has 27 heavy (non-hydrogen) atoms. The van der Waals surface area contributed by atoms with Crippen molar-refractivity contribution < 1.29 is 18.7 Å². The van der Waals surface area contributed by atoms with Crippen LogP contribution in [0, 0.1) is 11.7 Å². The van der Waals surface area contributed by atoms with E-state index < -0.39 is 5.82 Å². The smallest absolute Gasteiger partial charge is 0.317 e. The fourth-order valence-electron chi connectivity index (χ4n) is 3.39. The van der Waals surface area contributed by atoms with Gasteiger partial charge in [-0.05, 0) is 36.5 Å². The number of benzene rings is 1. The molecule has 1 fully saturated rings. The van der Waals surface area contributed by atoms with Gasteiger partial charge in [0.2, 0.25) is 5.91 Å². The van der Waals surface area contributed by atoms with Crippen molar-refractivity contribution in [3.8, 4) is 5.75 Å². The van der Waals surface area contributed by atoms with Crippen LogP contribution in [-0.2, 0) is 11.3 Å². The Labute approximate surface area is 160 Å². The van der Waals surface area contributed by atoms with Crippen LogP contribution in [0.4, 0.5) is 9.18 Å². The monoisotopic (exact) mass is 379 g/mol. The molecule has 0 heterocycles. The first kappa shape index (κ1) is 21.0. The number of ether oxygens (including phenoxy) is 1. The van der Waals surface area contributed by atoms with Crippen molar-refractivity contribution in [2.45, 2.75) is 45.1 Å². The maximum atomic E-state index is 13.7. The first-order valence-electron chi connectivity index (χ1n) is 9.57. The Morgan fingerprint density at radius 2 is 1.89 bits per heavy atom. The van der Waals surface area contributed by atoms with Gasteiger partial charge in [0.1, 0.15) is 0 Å². The number of rotatable bonds is 8. The number of amides is 3. The summed E-state index contributed by atoms with van der Waals surface area (Å²) in [5.41, 5.74) is 0.673. The summed E-state index contributed by atoms with van der Waals surface area (Å²) in [6, 6.07) is 4.34. The van der Waals surface area contributed by atoms with Crippen molar-refractivity contribution in [2.75, 3.05) is 27.2 Å². The molecule has 2 N–H and O–H groups in total. The van der Waals surface area contributed by atoms with Crippen LogP contribution in [0.2, 0.25) is 0 Å². The van der Waals surface area contributed by atoms with Gasteiger partial charge in [0, 0.05) is 33.1 Å². The number of carbonyl (C=O) groups excluding carboxylic acids is 2. The number of nitrogens with zero attached hydrogens (tertiary/aromatic N) is 1. The standard InChI is InChI=1S/C20H30FN3O3/c1-24(14-16-8-9-18(27-2)17(21)12-16)20(26)23-11-10-22-19(25)13-15-6-4-3-5-7-15/h8-9,12,15H,3-7,10-11,13-14H2,1-2H3,(H,22,25)(H,23,26). The summed E-state index contributed by atoms with van der Waals surface area (Å²) in [7, 11) is 3.05. The lowest BCUT2D eigenvalue weighted by Gasteiger charge is -2.21. The van der Waals surface area contributed by atoms with Gasteiger partial charge in [0.25, 0.3) is 0 Å². The number of halogens is 1. The zero-order valence-corrected chi connectivity index (χ0v) is 16.2. The second-order valence-electron chi connectivity index (χ2n) is 7.12. The molecular formula is C20H30FN3O3. The van der Waals surface area contributed by atoms with Crippen molar-refractivity contribution in [1.29, 1.82) is 0 Å². The third-order valence-corrected chi connectivity index (χ3v) is 4.90. The van der Waals surface area contributed by atoms with E-state index in [1.165, 1.54) is 43.4 Å². The van der Waals surface area contributed by atoms with E-state index in [1.54, 1.807) is 13.1 Å². The number of carbonyl (C=O) groups is 2. The van der Waals surface area contributed by atoms with E-state index in [-0.39, 0.29) is 24.2 Å². The highest BCUT2D eigenvalue weighted by Crippen LogP contribution is 2.26. The van der Waals surface area contributed by atoms with Crippen LogP contribution in [0.25, 0.3) is 0 Å². The van der Waals surface area contributed by atoms with Gasteiger partial charge in [-0.3, -0.25) is 4.79 Å². The fraction of sp³-hybridized carbons (Fsp3) is 0.600. The van der Waals surface area contributed by atoms with E-state index >= 15 is 0 Å². The van der Waals surface area contributed by atoms with Crippen LogP contribution in [0.3, 0.4) is 0 Å². The van der Waals surface area contributed by atoms with Gasteiger partial charge in [0.15, 0.2) is 11.6 Å². The highest BCUT2D eigenvalue weighted by atomic mass is 19.1. The van der Waals surface area contributed by atoms with E-state index in [0.29, 0.717) is 31.0 Å². The molecule has 1 aromatic carbocycles. The van der Waals surface area contributed by atoms with Crippen molar-refractivity contribution in [3.05, 3.63) is 29.6 Å². The normalized spacial score (nSPS) is 14.5. The summed E-state index contributed by atoms with van der Waals surface area (Å²) >= 11 is 0. The van der Waals surface area contributed by atoms with Crippen LogP contribution >= 0.6 is 0 Å². The van der Waals surface area contributed by atoms with E-state index in [2.05, 4.69) is 10.6 Å². The number of urea groups is 1. The van der Waals surface area contributed by atoms with Gasteiger partial charge >= 0.3 is 6.03 Å². The summed E-state index contributed by atoms with van der Waals surface area (Å²) in [5.74, 6) is 0.280. The SMILES string of the molecule is COc1ccc(CN(C)C(=O)NCCNC(=O)CC2CCCCC2)cc1F. The van der Waals surface area contributed by atoms with E-state index in [9.17, 15) is 14.0 Å². The second kappa shape index (κ2) is 10.7. The maximum Gasteiger partial charge on any atom is 0.317 e. The second-order valence-corrected chi connectivity index (χ2v) is 7.12. The largest absolute Gasteiger partial charge is 0.494 e. The molecule has 2 rings (SSSR count). The number of hydrogen-bond donors (Lipinski definition) is 2. The van der Waals surface area contributed by atoms with Gasteiger partial charge in [-0.25, -0.2) is 9.18 Å². The van der Waals surface area contributed by atoms with Crippen molar-refractivity contribution in [3.63, 3.8) is 0 Å². The van der Waals surface area contributed by atoms with Crippen LogP contribution < -0.4 is 15.4 Å². The van der Waals surface area contributed by atoms with Crippen LogP contribution in [0.5, 0.6) is 5.75 Å². The molecular weight excluding hydrogens is 349 g/mol. The lowest BCUT2D eigenvalue weighted by Crippen LogP contribution is -2.41. The molecule has 6 nitrogen and oxygen atoms in total. The molecule has 1 aromatic rings. The molecule has 1 aliphatic carbocycles. The first-order chi connectivity index (χ1) is 13.0. The van der Waals surface area contributed by atoms with Crippen LogP contribution in [0.15, 0.2) is 18.2 Å². The Balaban J connectivity index is 1.64. The highest BCUT2D eigenvalue weighted by molar-refractivity contribution is 5.76. The average molecular weight is 379 g/mol. The summed E-state index contributed by atoms with van der Waals surface area (Å²) in [4.78, 5) is 25.5. The molecule has 0 atom stereocenters. The molecule has 0 saturated heterocycles. The minimum Gasteiger partial charge on any atom is -0.494 e. The predicted octanol–water partition coefficient (Wildman–Crippen LogP) is 3.06. The zero-order chi connectivity index (χ0) is 19.6. The zero-order valence-electron chi connectivity index (χ0n) is 16.2. The topological polar surface area (TPSA) is 70.7 Å². The number of methoxy groups -OCH3 is 1. The van der Waals surface area contributed by atoms with Gasteiger partial charge in [-0.2, -0.15) is 0 Å². The minimum absolute atomic E-state index is 0.0539.